The third-order valence-corrected chi connectivity index (χ3v) is 7.64. The smallest absolute Gasteiger partial charge is 0.412 e. The number of hydrogen-bond donors (Lipinski definition) is 2. The van der Waals surface area contributed by atoms with E-state index in [-0.39, 0.29) is 6.04 Å². The van der Waals surface area contributed by atoms with E-state index in [1.54, 1.807) is 0 Å². The van der Waals surface area contributed by atoms with Crippen LogP contribution in [-0.2, 0) is 12.8 Å². The van der Waals surface area contributed by atoms with Gasteiger partial charge in [-0.15, -0.1) is 0 Å². The van der Waals surface area contributed by atoms with E-state index < -0.39 is 6.09 Å². The molecule has 1 aliphatic carbocycles. The Morgan fingerprint density at radius 1 is 1.19 bits per heavy atom. The van der Waals surface area contributed by atoms with Crippen molar-refractivity contribution in [1.82, 2.24) is 14.9 Å². The average Bonchev–Trinajstić information content (AvgIpc) is 3.04. The Hall–Kier alpha value is -2.86. The molecule has 1 aromatic heterocycles. The van der Waals surface area contributed by atoms with Gasteiger partial charge in [0.2, 0.25) is 0 Å². The zero-order valence-corrected chi connectivity index (χ0v) is 17.8. The second kappa shape index (κ2) is 6.82. The number of rotatable bonds is 3. The number of hydrogen-bond acceptors (Lipinski definition) is 3. The number of aromatic nitrogens is 2. The number of carboxylic acid groups (broad SMARTS) is 1. The van der Waals surface area contributed by atoms with Crippen molar-refractivity contribution in [1.29, 1.82) is 0 Å². The summed E-state index contributed by atoms with van der Waals surface area (Å²) in [6, 6.07) is 15.1. The molecule has 0 bridgehead atoms. The van der Waals surface area contributed by atoms with Crippen molar-refractivity contribution in [2.45, 2.75) is 51.1 Å². The number of nitrogens with zero attached hydrogens (tertiary/aromatic N) is 3. The number of fused-ring (bicyclic) bond motifs is 3. The van der Waals surface area contributed by atoms with Gasteiger partial charge in [-0.25, -0.2) is 9.78 Å². The van der Waals surface area contributed by atoms with Crippen LogP contribution in [0.15, 0.2) is 42.5 Å². The maximum absolute atomic E-state index is 11.9. The second-order valence-corrected chi connectivity index (χ2v) is 9.70. The van der Waals surface area contributed by atoms with Gasteiger partial charge in [0.05, 0.1) is 16.7 Å². The summed E-state index contributed by atoms with van der Waals surface area (Å²) in [4.78, 5) is 18.6. The lowest BCUT2D eigenvalue weighted by Crippen LogP contribution is -2.60. The predicted molar refractivity (Wildman–Crippen MR) is 121 cm³/mol. The summed E-state index contributed by atoms with van der Waals surface area (Å²) in [6.07, 6.45) is 4.02. The minimum Gasteiger partial charge on any atom is -0.465 e. The summed E-state index contributed by atoms with van der Waals surface area (Å²) in [6.45, 7) is 4.25. The lowest BCUT2D eigenvalue weighted by molar-refractivity contribution is 0.00822. The van der Waals surface area contributed by atoms with Crippen LogP contribution in [0.4, 0.5) is 10.5 Å². The Morgan fingerprint density at radius 3 is 2.65 bits per heavy atom. The van der Waals surface area contributed by atoms with Crippen molar-refractivity contribution in [2.75, 3.05) is 18.0 Å². The Labute approximate surface area is 181 Å². The number of anilines is 1. The predicted octanol–water partition coefficient (Wildman–Crippen LogP) is 4.37. The molecule has 1 atom stereocenters. The van der Waals surface area contributed by atoms with E-state index in [4.69, 9.17) is 4.98 Å². The molecule has 6 nitrogen and oxygen atoms in total. The largest absolute Gasteiger partial charge is 0.465 e. The first-order chi connectivity index (χ1) is 15.0. The first-order valence-corrected chi connectivity index (χ1v) is 11.3. The first-order valence-electron chi connectivity index (χ1n) is 11.3. The highest BCUT2D eigenvalue weighted by Crippen LogP contribution is 2.52. The Morgan fingerprint density at radius 2 is 1.97 bits per heavy atom. The van der Waals surface area contributed by atoms with E-state index >= 15 is 0 Å². The highest BCUT2D eigenvalue weighted by atomic mass is 16.4. The van der Waals surface area contributed by atoms with Crippen LogP contribution in [0.3, 0.4) is 0 Å². The van der Waals surface area contributed by atoms with Gasteiger partial charge in [-0.05, 0) is 55.7 Å². The highest BCUT2D eigenvalue weighted by molar-refractivity contribution is 5.94. The Kier molecular flexibility index (Phi) is 4.15. The lowest BCUT2D eigenvalue weighted by atomic mass is 9.61. The van der Waals surface area contributed by atoms with Gasteiger partial charge in [-0.1, -0.05) is 30.3 Å². The number of aryl methyl sites for hydroxylation is 1. The molecule has 1 saturated heterocycles. The normalized spacial score (nSPS) is 22.2. The monoisotopic (exact) mass is 416 g/mol. The summed E-state index contributed by atoms with van der Waals surface area (Å²) >= 11 is 0. The highest BCUT2D eigenvalue weighted by Gasteiger charge is 2.49. The standard InChI is InChI=1S/C25H28N4O2/c1-16-7-8-19-20(28(16)24(30)31)9-10-21-23(19)27-22(11-17-5-3-2-4-6-17)29(21)18-12-25(13-18)14-26-15-25/h2-6,9-10,16,18,26H,7-8,11-15H2,1H3,(H,30,31)/t16-/m0/s1. The maximum Gasteiger partial charge on any atom is 0.412 e. The van der Waals surface area contributed by atoms with Crippen LogP contribution in [-0.4, -0.2) is 39.9 Å². The van der Waals surface area contributed by atoms with Crippen LogP contribution in [0.2, 0.25) is 0 Å². The minimum atomic E-state index is -0.879. The van der Waals surface area contributed by atoms with Crippen molar-refractivity contribution in [2.24, 2.45) is 5.41 Å². The van der Waals surface area contributed by atoms with E-state index in [1.807, 2.05) is 19.1 Å². The maximum atomic E-state index is 11.9. The SMILES string of the molecule is C[C@H]1CCc2c(ccc3c2nc(Cc2ccccc2)n3C2CC3(CNC3)C2)N1C(=O)O. The molecule has 0 radical (unpaired) electrons. The molecule has 6 rings (SSSR count). The van der Waals surface area contributed by atoms with Crippen LogP contribution < -0.4 is 10.2 Å². The molecule has 3 heterocycles. The lowest BCUT2D eigenvalue weighted by Gasteiger charge is -2.55. The molecule has 6 heteroatoms. The van der Waals surface area contributed by atoms with Gasteiger partial charge in [-0.3, -0.25) is 4.90 Å². The van der Waals surface area contributed by atoms with E-state index in [0.717, 1.165) is 60.5 Å². The zero-order chi connectivity index (χ0) is 21.2. The quantitative estimate of drug-likeness (QED) is 0.665. The van der Waals surface area contributed by atoms with Crippen molar-refractivity contribution in [3.05, 3.63) is 59.4 Å². The summed E-state index contributed by atoms with van der Waals surface area (Å²) in [7, 11) is 0. The molecule has 1 saturated carbocycles. The van der Waals surface area contributed by atoms with Crippen molar-refractivity contribution in [3.8, 4) is 0 Å². The molecule has 3 aromatic rings. The fourth-order valence-corrected chi connectivity index (χ4v) is 5.94. The molecule has 160 valence electrons. The van der Waals surface area contributed by atoms with Crippen LogP contribution in [0, 0.1) is 5.41 Å². The number of benzene rings is 2. The molecular formula is C25H28N4O2. The van der Waals surface area contributed by atoms with Crippen molar-refractivity contribution in [3.63, 3.8) is 0 Å². The van der Waals surface area contributed by atoms with Crippen LogP contribution >= 0.6 is 0 Å². The average molecular weight is 417 g/mol. The van der Waals surface area contributed by atoms with Crippen LogP contribution in [0.1, 0.15) is 49.2 Å². The second-order valence-electron chi connectivity index (χ2n) is 9.70. The van der Waals surface area contributed by atoms with Gasteiger partial charge >= 0.3 is 6.09 Å². The van der Waals surface area contributed by atoms with E-state index in [2.05, 4.69) is 40.2 Å². The topological polar surface area (TPSA) is 70.4 Å². The number of amides is 1. The number of nitrogens with one attached hydrogen (secondary N) is 1. The van der Waals surface area contributed by atoms with Crippen LogP contribution in [0.25, 0.3) is 11.0 Å². The van der Waals surface area contributed by atoms with Crippen molar-refractivity contribution < 1.29 is 9.90 Å². The minimum absolute atomic E-state index is 0.00840. The number of carbonyl (C=O) groups is 1. The molecule has 31 heavy (non-hydrogen) atoms. The summed E-state index contributed by atoms with van der Waals surface area (Å²) < 4.78 is 2.47. The molecule has 0 unspecified atom stereocenters. The fraction of sp³-hybridized carbons (Fsp3) is 0.440. The molecule has 2 fully saturated rings. The molecule has 2 aromatic carbocycles. The summed E-state index contributed by atoms with van der Waals surface area (Å²) in [5.41, 5.74) is 5.79. The van der Waals surface area contributed by atoms with Crippen molar-refractivity contribution >= 4 is 22.8 Å². The van der Waals surface area contributed by atoms with Gasteiger partial charge in [0, 0.05) is 37.2 Å². The molecule has 1 spiro atoms. The van der Waals surface area contributed by atoms with Crippen LogP contribution in [0.5, 0.6) is 0 Å². The zero-order valence-electron chi connectivity index (χ0n) is 17.8. The van der Waals surface area contributed by atoms with Gasteiger partial charge < -0.3 is 15.0 Å². The third-order valence-electron chi connectivity index (χ3n) is 7.64. The molecule has 2 N–H and O–H groups in total. The van der Waals surface area contributed by atoms with Gasteiger partial charge in [0.25, 0.3) is 0 Å². The van der Waals surface area contributed by atoms with E-state index in [1.165, 1.54) is 23.3 Å². The van der Waals surface area contributed by atoms with E-state index in [9.17, 15) is 9.90 Å². The van der Waals surface area contributed by atoms with Gasteiger partial charge in [0.1, 0.15) is 5.82 Å². The molecular weight excluding hydrogens is 388 g/mol. The molecule has 2 aliphatic heterocycles. The molecule has 3 aliphatic rings. The van der Waals surface area contributed by atoms with Gasteiger partial charge in [-0.2, -0.15) is 0 Å². The fourth-order valence-electron chi connectivity index (χ4n) is 5.94. The Balaban J connectivity index is 1.47. The van der Waals surface area contributed by atoms with E-state index in [0.29, 0.717) is 11.5 Å². The Bertz CT molecular complexity index is 1160. The molecule has 1 amide bonds. The summed E-state index contributed by atoms with van der Waals surface area (Å²) in [5.74, 6) is 1.10. The number of imidazole rings is 1. The van der Waals surface area contributed by atoms with Gasteiger partial charge in [0.15, 0.2) is 0 Å². The third kappa shape index (κ3) is 2.88. The first kappa shape index (κ1) is 18.9. The summed E-state index contributed by atoms with van der Waals surface area (Å²) in [5, 5.41) is 13.2.